The van der Waals surface area contributed by atoms with Crippen molar-refractivity contribution in [2.24, 2.45) is 5.92 Å². The molecule has 1 aliphatic rings. The Morgan fingerprint density at radius 3 is 2.31 bits per heavy atom. The summed E-state index contributed by atoms with van der Waals surface area (Å²) in [6.45, 7) is 2.05. The molecule has 0 aliphatic carbocycles. The number of piperidine rings is 1. The van der Waals surface area contributed by atoms with E-state index in [9.17, 15) is 10.1 Å². The van der Waals surface area contributed by atoms with Gasteiger partial charge in [0.15, 0.2) is 11.7 Å². The zero-order valence-corrected chi connectivity index (χ0v) is 22.2. The number of hydrogen-bond acceptors (Lipinski definition) is 6. The molecule has 7 nitrogen and oxygen atoms in total. The van der Waals surface area contributed by atoms with Gasteiger partial charge in [-0.05, 0) is 67.0 Å². The number of amides is 1. The summed E-state index contributed by atoms with van der Waals surface area (Å²) < 4.78 is 5.21. The summed E-state index contributed by atoms with van der Waals surface area (Å²) in [5.41, 5.74) is 4.31. The molecule has 0 bridgehead atoms. The predicted octanol–water partition coefficient (Wildman–Crippen LogP) is 5.06. The number of fused-ring (bicyclic) bond motifs is 1. The van der Waals surface area contributed by atoms with Crippen LogP contribution in [0.2, 0.25) is 0 Å². The Bertz CT molecular complexity index is 1440. The van der Waals surface area contributed by atoms with Crippen LogP contribution in [0.4, 0.5) is 5.82 Å². The number of para-hydroxylation sites is 2. The first-order chi connectivity index (χ1) is 19.1. The minimum Gasteiger partial charge on any atom is -0.497 e. The highest BCUT2D eigenvalue weighted by atomic mass is 16.5. The molecule has 7 heteroatoms. The first kappa shape index (κ1) is 26.2. The SMILES string of the molecule is COc1ccc(CCNC(=O)[C@H](C#N)c2nc3ccccc3nc2N2CCC(Cc3ccccc3)CC2)cc1. The number of nitrogens with zero attached hydrogens (tertiary/aromatic N) is 4. The Morgan fingerprint density at radius 2 is 1.64 bits per heavy atom. The van der Waals surface area contributed by atoms with Crippen LogP contribution in [0.15, 0.2) is 78.9 Å². The van der Waals surface area contributed by atoms with Gasteiger partial charge in [0, 0.05) is 19.6 Å². The highest BCUT2D eigenvalue weighted by molar-refractivity contribution is 5.88. The van der Waals surface area contributed by atoms with Crippen LogP contribution in [0, 0.1) is 17.2 Å². The lowest BCUT2D eigenvalue weighted by Crippen LogP contribution is -2.37. The Hall–Kier alpha value is -4.44. The summed E-state index contributed by atoms with van der Waals surface area (Å²) >= 11 is 0. The second-order valence-corrected chi connectivity index (χ2v) is 9.99. The number of anilines is 1. The van der Waals surface area contributed by atoms with E-state index in [1.807, 2.05) is 54.6 Å². The average molecular weight is 520 g/mol. The van der Waals surface area contributed by atoms with Crippen LogP contribution in [-0.4, -0.2) is 42.6 Å². The lowest BCUT2D eigenvalue weighted by Gasteiger charge is -2.34. The number of aromatic nitrogens is 2. The number of nitriles is 1. The Labute approximate surface area is 229 Å². The molecule has 0 radical (unpaired) electrons. The van der Waals surface area contributed by atoms with E-state index in [0.29, 0.717) is 35.9 Å². The largest absolute Gasteiger partial charge is 0.497 e. The number of carbonyl (C=O) groups is 1. The van der Waals surface area contributed by atoms with Gasteiger partial charge in [-0.15, -0.1) is 0 Å². The lowest BCUT2D eigenvalue weighted by atomic mass is 9.90. The van der Waals surface area contributed by atoms with Gasteiger partial charge in [-0.1, -0.05) is 54.6 Å². The van der Waals surface area contributed by atoms with E-state index in [-0.39, 0.29) is 5.91 Å². The zero-order chi connectivity index (χ0) is 27.0. The molecule has 2 heterocycles. The van der Waals surface area contributed by atoms with Crippen molar-refractivity contribution in [1.82, 2.24) is 15.3 Å². The van der Waals surface area contributed by atoms with Crippen LogP contribution in [0.5, 0.6) is 5.75 Å². The van der Waals surface area contributed by atoms with Crippen molar-refractivity contribution < 1.29 is 9.53 Å². The smallest absolute Gasteiger partial charge is 0.243 e. The summed E-state index contributed by atoms with van der Waals surface area (Å²) in [4.78, 5) is 25.2. The number of carbonyl (C=O) groups excluding carboxylic acids is 1. The molecule has 1 fully saturated rings. The third-order valence-electron chi connectivity index (χ3n) is 7.40. The van der Waals surface area contributed by atoms with Crippen LogP contribution in [0.1, 0.15) is 35.6 Å². The zero-order valence-electron chi connectivity index (χ0n) is 22.2. The highest BCUT2D eigenvalue weighted by Gasteiger charge is 2.30. The molecule has 1 saturated heterocycles. The number of methoxy groups -OCH3 is 1. The first-order valence-corrected chi connectivity index (χ1v) is 13.5. The molecule has 0 saturated carbocycles. The maximum atomic E-state index is 13.3. The fraction of sp³-hybridized carbons (Fsp3) is 0.312. The van der Waals surface area contributed by atoms with Gasteiger partial charge in [-0.25, -0.2) is 9.97 Å². The predicted molar refractivity (Wildman–Crippen MR) is 153 cm³/mol. The van der Waals surface area contributed by atoms with E-state index < -0.39 is 5.92 Å². The molecular formula is C32H33N5O2. The van der Waals surface area contributed by atoms with Gasteiger partial charge in [0.05, 0.1) is 24.2 Å². The minimum absolute atomic E-state index is 0.351. The van der Waals surface area contributed by atoms with Crippen molar-refractivity contribution in [2.75, 3.05) is 31.6 Å². The molecule has 39 heavy (non-hydrogen) atoms. The molecular weight excluding hydrogens is 486 g/mol. The molecule has 5 rings (SSSR count). The summed E-state index contributed by atoms with van der Waals surface area (Å²) in [6.07, 6.45) is 3.75. The number of rotatable bonds is 9. The van der Waals surface area contributed by atoms with E-state index in [2.05, 4.69) is 40.6 Å². The molecule has 4 aromatic rings. The van der Waals surface area contributed by atoms with Crippen molar-refractivity contribution in [3.05, 3.63) is 95.7 Å². The molecule has 0 spiro atoms. The fourth-order valence-corrected chi connectivity index (χ4v) is 5.20. The second-order valence-electron chi connectivity index (χ2n) is 9.99. The minimum atomic E-state index is -1.05. The lowest BCUT2D eigenvalue weighted by molar-refractivity contribution is -0.121. The van der Waals surface area contributed by atoms with Crippen molar-refractivity contribution in [1.29, 1.82) is 5.26 Å². The van der Waals surface area contributed by atoms with Crippen LogP contribution in [0.3, 0.4) is 0 Å². The van der Waals surface area contributed by atoms with Gasteiger partial charge < -0.3 is 15.0 Å². The molecule has 3 aromatic carbocycles. The van der Waals surface area contributed by atoms with E-state index in [4.69, 9.17) is 14.7 Å². The Balaban J connectivity index is 1.31. The van der Waals surface area contributed by atoms with E-state index in [0.717, 1.165) is 49.2 Å². The molecule has 1 aliphatic heterocycles. The molecule has 0 unspecified atom stereocenters. The van der Waals surface area contributed by atoms with Crippen molar-refractivity contribution in [3.8, 4) is 11.8 Å². The van der Waals surface area contributed by atoms with Gasteiger partial charge in [-0.2, -0.15) is 5.26 Å². The maximum Gasteiger partial charge on any atom is 0.243 e. The average Bonchev–Trinajstić information content (AvgIpc) is 2.98. The molecule has 1 amide bonds. The van der Waals surface area contributed by atoms with Crippen molar-refractivity contribution in [2.45, 2.75) is 31.6 Å². The quantitative estimate of drug-likeness (QED) is 0.332. The first-order valence-electron chi connectivity index (χ1n) is 13.5. The van der Waals surface area contributed by atoms with Gasteiger partial charge in [-0.3, -0.25) is 4.79 Å². The number of hydrogen-bond donors (Lipinski definition) is 1. The van der Waals surface area contributed by atoms with Crippen molar-refractivity contribution in [3.63, 3.8) is 0 Å². The molecule has 1 N–H and O–H groups in total. The molecule has 1 atom stereocenters. The molecule has 1 aromatic heterocycles. The van der Waals surface area contributed by atoms with Crippen LogP contribution < -0.4 is 15.0 Å². The van der Waals surface area contributed by atoms with E-state index in [1.54, 1.807) is 7.11 Å². The summed E-state index contributed by atoms with van der Waals surface area (Å²) in [7, 11) is 1.63. The Morgan fingerprint density at radius 1 is 0.974 bits per heavy atom. The summed E-state index contributed by atoms with van der Waals surface area (Å²) in [5, 5.41) is 13.1. The van der Waals surface area contributed by atoms with Gasteiger partial charge in [0.1, 0.15) is 11.4 Å². The fourth-order valence-electron chi connectivity index (χ4n) is 5.20. The van der Waals surface area contributed by atoms with Gasteiger partial charge in [0.2, 0.25) is 5.91 Å². The normalized spacial score (nSPS) is 14.5. The van der Waals surface area contributed by atoms with E-state index in [1.165, 1.54) is 5.56 Å². The topological polar surface area (TPSA) is 91.1 Å². The van der Waals surface area contributed by atoms with Crippen LogP contribution in [-0.2, 0) is 17.6 Å². The summed E-state index contributed by atoms with van der Waals surface area (Å²) in [6, 6.07) is 28.2. The van der Waals surface area contributed by atoms with Gasteiger partial charge >= 0.3 is 0 Å². The standard InChI is InChI=1S/C32H33N5O2/c1-39-26-13-11-23(12-14-26)15-18-34-32(38)27(22-33)30-31(36-29-10-6-5-9-28(29)35-30)37-19-16-25(17-20-37)21-24-7-3-2-4-8-24/h2-14,25,27H,15-21H2,1H3,(H,34,38)/t27-/m1/s1. The molecule has 198 valence electrons. The van der Waals surface area contributed by atoms with Crippen molar-refractivity contribution >= 4 is 22.8 Å². The van der Waals surface area contributed by atoms with Crippen LogP contribution >= 0.6 is 0 Å². The number of benzene rings is 3. The maximum absolute atomic E-state index is 13.3. The third-order valence-corrected chi connectivity index (χ3v) is 7.40. The van der Waals surface area contributed by atoms with Gasteiger partial charge in [0.25, 0.3) is 0 Å². The third kappa shape index (κ3) is 6.35. The summed E-state index contributed by atoms with van der Waals surface area (Å²) in [5.74, 6) is 0.627. The highest BCUT2D eigenvalue weighted by Crippen LogP contribution is 2.31. The number of nitrogens with one attached hydrogen (secondary N) is 1. The number of ether oxygens (including phenoxy) is 1. The Kier molecular flexibility index (Phi) is 8.33. The monoisotopic (exact) mass is 519 g/mol. The second kappa shape index (κ2) is 12.4. The van der Waals surface area contributed by atoms with E-state index >= 15 is 0 Å². The van der Waals surface area contributed by atoms with Crippen LogP contribution in [0.25, 0.3) is 11.0 Å².